The molecule has 1 N–H and O–H groups in total. The summed E-state index contributed by atoms with van der Waals surface area (Å²) in [6.07, 6.45) is 4.83. The summed E-state index contributed by atoms with van der Waals surface area (Å²) in [6, 6.07) is 0. The molecule has 0 aromatic carbocycles. The topological polar surface area (TPSA) is 55.0 Å². The summed E-state index contributed by atoms with van der Waals surface area (Å²) >= 11 is 0. The van der Waals surface area contributed by atoms with Crippen LogP contribution in [0.3, 0.4) is 0 Å². The van der Waals surface area contributed by atoms with E-state index in [1.54, 1.807) is 0 Å². The molecule has 86 valence electrons. The van der Waals surface area contributed by atoms with Gasteiger partial charge in [0, 0.05) is 12.2 Å². The Kier molecular flexibility index (Phi) is 2.14. The number of aromatic amines is 1. The second-order valence-corrected chi connectivity index (χ2v) is 4.88. The second-order valence-electron chi connectivity index (χ2n) is 4.88. The summed E-state index contributed by atoms with van der Waals surface area (Å²) in [5, 5.41) is 0. The van der Waals surface area contributed by atoms with Gasteiger partial charge in [0.1, 0.15) is 11.4 Å². The van der Waals surface area contributed by atoms with Crippen LogP contribution in [0.15, 0.2) is 4.79 Å². The SMILES string of the molecule is CC1(c2nc3c(c(=O)[nH]2)CCC3)CCCO1. The first-order chi connectivity index (χ1) is 7.69. The second kappa shape index (κ2) is 3.42. The number of rotatable bonds is 1. The Morgan fingerprint density at radius 3 is 3.00 bits per heavy atom. The van der Waals surface area contributed by atoms with Gasteiger partial charge in [-0.1, -0.05) is 0 Å². The van der Waals surface area contributed by atoms with E-state index in [9.17, 15) is 4.79 Å². The molecule has 0 spiro atoms. The Labute approximate surface area is 94.1 Å². The molecule has 4 heteroatoms. The van der Waals surface area contributed by atoms with E-state index >= 15 is 0 Å². The molecule has 2 aliphatic rings. The van der Waals surface area contributed by atoms with Gasteiger partial charge in [-0.05, 0) is 39.0 Å². The van der Waals surface area contributed by atoms with Crippen molar-refractivity contribution in [3.05, 3.63) is 27.4 Å². The molecule has 1 aliphatic carbocycles. The molecule has 1 aromatic rings. The quantitative estimate of drug-likeness (QED) is 0.775. The van der Waals surface area contributed by atoms with Crippen LogP contribution in [-0.2, 0) is 23.2 Å². The Morgan fingerprint density at radius 1 is 1.38 bits per heavy atom. The minimum absolute atomic E-state index is 0.0363. The maximum absolute atomic E-state index is 11.9. The van der Waals surface area contributed by atoms with Crippen molar-refractivity contribution in [2.45, 2.75) is 44.6 Å². The highest BCUT2D eigenvalue weighted by Crippen LogP contribution is 2.33. The molecule has 1 fully saturated rings. The molecular weight excluding hydrogens is 204 g/mol. The third-order valence-corrected chi connectivity index (χ3v) is 3.66. The largest absolute Gasteiger partial charge is 0.367 e. The van der Waals surface area contributed by atoms with Crippen LogP contribution in [-0.4, -0.2) is 16.6 Å². The number of H-pyrrole nitrogens is 1. The van der Waals surface area contributed by atoms with Crippen molar-refractivity contribution in [2.24, 2.45) is 0 Å². The first kappa shape index (κ1) is 10.0. The van der Waals surface area contributed by atoms with Crippen LogP contribution < -0.4 is 5.56 Å². The monoisotopic (exact) mass is 220 g/mol. The Hall–Kier alpha value is -1.16. The van der Waals surface area contributed by atoms with Crippen molar-refractivity contribution in [1.29, 1.82) is 0 Å². The van der Waals surface area contributed by atoms with Crippen LogP contribution in [0.5, 0.6) is 0 Å². The van der Waals surface area contributed by atoms with E-state index < -0.39 is 0 Å². The molecule has 0 bridgehead atoms. The number of hydrogen-bond donors (Lipinski definition) is 1. The van der Waals surface area contributed by atoms with Crippen LogP contribution in [0.2, 0.25) is 0 Å². The molecule has 1 unspecified atom stereocenters. The van der Waals surface area contributed by atoms with Gasteiger partial charge in [0.05, 0.1) is 5.69 Å². The standard InChI is InChI=1S/C12H16N2O2/c1-12(6-3-7-16-12)11-13-9-5-2-4-8(9)10(15)14-11/h2-7H2,1H3,(H,13,14,15). The summed E-state index contributed by atoms with van der Waals surface area (Å²) in [6.45, 7) is 2.77. The lowest BCUT2D eigenvalue weighted by atomic mass is 10.0. The third-order valence-electron chi connectivity index (χ3n) is 3.66. The van der Waals surface area contributed by atoms with Crippen LogP contribution in [0.4, 0.5) is 0 Å². The summed E-state index contributed by atoms with van der Waals surface area (Å²) in [5.41, 5.74) is 1.52. The number of hydrogen-bond acceptors (Lipinski definition) is 3. The molecule has 1 saturated heterocycles. The predicted octanol–water partition coefficient (Wildman–Crippen LogP) is 1.28. The van der Waals surface area contributed by atoms with E-state index in [2.05, 4.69) is 9.97 Å². The summed E-state index contributed by atoms with van der Waals surface area (Å²) < 4.78 is 5.71. The van der Waals surface area contributed by atoms with Crippen molar-refractivity contribution < 1.29 is 4.74 Å². The zero-order chi connectivity index (χ0) is 11.2. The Balaban J connectivity index is 2.09. The van der Waals surface area contributed by atoms with E-state index in [0.717, 1.165) is 55.8 Å². The minimum atomic E-state index is -0.378. The lowest BCUT2D eigenvalue weighted by molar-refractivity contribution is 0.00896. The smallest absolute Gasteiger partial charge is 0.254 e. The maximum Gasteiger partial charge on any atom is 0.254 e. The lowest BCUT2D eigenvalue weighted by Gasteiger charge is -2.22. The molecule has 0 saturated carbocycles. The van der Waals surface area contributed by atoms with Crippen molar-refractivity contribution >= 4 is 0 Å². The normalized spacial score (nSPS) is 28.3. The van der Waals surface area contributed by atoms with E-state index in [-0.39, 0.29) is 11.2 Å². The maximum atomic E-state index is 11.9. The molecule has 1 aromatic heterocycles. The van der Waals surface area contributed by atoms with Gasteiger partial charge in [-0.3, -0.25) is 4.79 Å². The number of nitrogens with zero attached hydrogens (tertiary/aromatic N) is 1. The van der Waals surface area contributed by atoms with Crippen LogP contribution in [0.25, 0.3) is 0 Å². The van der Waals surface area contributed by atoms with Crippen LogP contribution >= 0.6 is 0 Å². The number of ether oxygens (including phenoxy) is 1. The van der Waals surface area contributed by atoms with E-state index in [1.165, 1.54) is 0 Å². The fourth-order valence-electron chi connectivity index (χ4n) is 2.66. The van der Waals surface area contributed by atoms with Crippen LogP contribution in [0, 0.1) is 0 Å². The Morgan fingerprint density at radius 2 is 2.25 bits per heavy atom. The minimum Gasteiger partial charge on any atom is -0.367 e. The Bertz CT molecular complexity index is 472. The van der Waals surface area contributed by atoms with Gasteiger partial charge in [0.2, 0.25) is 0 Å². The zero-order valence-electron chi connectivity index (χ0n) is 9.51. The molecule has 1 aliphatic heterocycles. The van der Waals surface area contributed by atoms with E-state index in [4.69, 9.17) is 4.74 Å². The van der Waals surface area contributed by atoms with Gasteiger partial charge in [0.15, 0.2) is 0 Å². The van der Waals surface area contributed by atoms with Crippen molar-refractivity contribution in [1.82, 2.24) is 9.97 Å². The van der Waals surface area contributed by atoms with Gasteiger partial charge < -0.3 is 9.72 Å². The molecule has 0 amide bonds. The van der Waals surface area contributed by atoms with Crippen molar-refractivity contribution in [3.8, 4) is 0 Å². The zero-order valence-corrected chi connectivity index (χ0v) is 9.51. The number of aryl methyl sites for hydroxylation is 1. The highest BCUT2D eigenvalue weighted by atomic mass is 16.5. The number of nitrogens with one attached hydrogen (secondary N) is 1. The molecule has 16 heavy (non-hydrogen) atoms. The average Bonchev–Trinajstić information content (AvgIpc) is 2.86. The first-order valence-electron chi connectivity index (χ1n) is 5.95. The van der Waals surface area contributed by atoms with Gasteiger partial charge in [0.25, 0.3) is 5.56 Å². The third kappa shape index (κ3) is 1.40. The molecule has 0 radical (unpaired) electrons. The highest BCUT2D eigenvalue weighted by Gasteiger charge is 2.35. The van der Waals surface area contributed by atoms with Gasteiger partial charge in [-0.25, -0.2) is 4.98 Å². The van der Waals surface area contributed by atoms with E-state index in [1.807, 2.05) is 6.92 Å². The molecule has 1 atom stereocenters. The molecule has 4 nitrogen and oxygen atoms in total. The fourth-order valence-corrected chi connectivity index (χ4v) is 2.66. The van der Waals surface area contributed by atoms with Crippen molar-refractivity contribution in [3.63, 3.8) is 0 Å². The van der Waals surface area contributed by atoms with Crippen molar-refractivity contribution in [2.75, 3.05) is 6.61 Å². The predicted molar refractivity (Wildman–Crippen MR) is 59.4 cm³/mol. The number of fused-ring (bicyclic) bond motifs is 1. The van der Waals surface area contributed by atoms with Gasteiger partial charge >= 0.3 is 0 Å². The molecular formula is C12H16N2O2. The summed E-state index contributed by atoms with van der Waals surface area (Å²) in [7, 11) is 0. The fraction of sp³-hybridized carbons (Fsp3) is 0.667. The summed E-state index contributed by atoms with van der Waals surface area (Å²) in [5.74, 6) is 0.718. The average molecular weight is 220 g/mol. The van der Waals surface area contributed by atoms with Gasteiger partial charge in [-0.2, -0.15) is 0 Å². The van der Waals surface area contributed by atoms with Gasteiger partial charge in [-0.15, -0.1) is 0 Å². The highest BCUT2D eigenvalue weighted by molar-refractivity contribution is 5.24. The molecule has 2 heterocycles. The van der Waals surface area contributed by atoms with E-state index in [0.29, 0.717) is 0 Å². The number of aromatic nitrogens is 2. The molecule has 3 rings (SSSR count). The van der Waals surface area contributed by atoms with Crippen LogP contribution in [0.1, 0.15) is 43.3 Å². The first-order valence-corrected chi connectivity index (χ1v) is 5.95. The lowest BCUT2D eigenvalue weighted by Crippen LogP contribution is -2.28. The summed E-state index contributed by atoms with van der Waals surface area (Å²) in [4.78, 5) is 19.4.